The molecule has 1 saturated heterocycles. The van der Waals surface area contributed by atoms with Crippen LogP contribution in [-0.4, -0.2) is 50.9 Å². The van der Waals surface area contributed by atoms with Gasteiger partial charge in [-0.05, 0) is 25.9 Å². The lowest BCUT2D eigenvalue weighted by molar-refractivity contribution is -0.137. The van der Waals surface area contributed by atoms with Crippen LogP contribution in [0, 0.1) is 0 Å². The van der Waals surface area contributed by atoms with Crippen LogP contribution in [0.1, 0.15) is 12.8 Å². The molecule has 0 aliphatic carbocycles. The van der Waals surface area contributed by atoms with Crippen LogP contribution < -0.4 is 10.6 Å². The number of nitrogens with one attached hydrogen (secondary N) is 2. The lowest BCUT2D eigenvalue weighted by Crippen LogP contribution is -2.30. The van der Waals surface area contributed by atoms with Gasteiger partial charge in [0.2, 0.25) is 5.91 Å². The number of nitrogens with zero attached hydrogens (tertiary/aromatic N) is 2. The molecule has 20 heavy (non-hydrogen) atoms. The summed E-state index contributed by atoms with van der Waals surface area (Å²) in [4.78, 5) is 22.3. The number of amides is 1. The molecule has 1 fully saturated rings. The van der Waals surface area contributed by atoms with E-state index in [0.717, 1.165) is 25.9 Å². The Labute approximate surface area is 121 Å². The zero-order valence-corrected chi connectivity index (χ0v) is 11.9. The van der Waals surface area contributed by atoms with Crippen molar-refractivity contribution >= 4 is 29.3 Å². The number of hydrogen-bond acceptors (Lipinski definition) is 5. The average Bonchev–Trinajstić information content (AvgIpc) is 2.84. The number of hydrogen-bond donors (Lipinski definition) is 3. The predicted octanol–water partition coefficient (Wildman–Crippen LogP) is 0.391. The molecule has 0 saturated carbocycles. The molecule has 0 radical (unpaired) electrons. The summed E-state index contributed by atoms with van der Waals surface area (Å²) in [6.45, 7) is 1.82. The molecule has 0 spiro atoms. The standard InChI is InChI=1S/C12H18N4O3S/c17-11(8-20-10-1-3-13-4-2-10)15-9-5-14-16(6-9)7-12(18)19/h5-6,10,13H,1-4,7-8H2,(H,15,17)(H,18,19). The zero-order valence-electron chi connectivity index (χ0n) is 11.0. The number of carbonyl (C=O) groups is 2. The van der Waals surface area contributed by atoms with Crippen molar-refractivity contribution in [2.24, 2.45) is 0 Å². The number of carboxylic acids is 1. The molecule has 1 aliphatic rings. The number of aliphatic carboxylic acids is 1. The summed E-state index contributed by atoms with van der Waals surface area (Å²) in [5.74, 6) is -0.634. The summed E-state index contributed by atoms with van der Waals surface area (Å²) >= 11 is 1.67. The van der Waals surface area contributed by atoms with E-state index in [2.05, 4.69) is 15.7 Å². The number of carboxylic acid groups (broad SMARTS) is 1. The Morgan fingerprint density at radius 3 is 2.95 bits per heavy atom. The summed E-state index contributed by atoms with van der Waals surface area (Å²) in [7, 11) is 0. The van der Waals surface area contributed by atoms with Crippen LogP contribution in [0.2, 0.25) is 0 Å². The van der Waals surface area contributed by atoms with Gasteiger partial charge < -0.3 is 15.7 Å². The number of anilines is 1. The smallest absolute Gasteiger partial charge is 0.325 e. The Morgan fingerprint density at radius 1 is 1.50 bits per heavy atom. The van der Waals surface area contributed by atoms with Crippen molar-refractivity contribution in [3.8, 4) is 0 Å². The third-order valence-corrected chi connectivity index (χ3v) is 4.32. The Hall–Kier alpha value is -1.54. The van der Waals surface area contributed by atoms with Crippen molar-refractivity contribution in [3.05, 3.63) is 12.4 Å². The van der Waals surface area contributed by atoms with Crippen molar-refractivity contribution in [2.75, 3.05) is 24.2 Å². The summed E-state index contributed by atoms with van der Waals surface area (Å²) in [6, 6.07) is 0. The van der Waals surface area contributed by atoms with Crippen molar-refractivity contribution < 1.29 is 14.7 Å². The van der Waals surface area contributed by atoms with Gasteiger partial charge in [0.15, 0.2) is 0 Å². The molecule has 0 bridgehead atoms. The molecule has 0 atom stereocenters. The number of piperidine rings is 1. The molecule has 0 unspecified atom stereocenters. The van der Waals surface area contributed by atoms with Crippen LogP contribution in [0.4, 0.5) is 5.69 Å². The average molecular weight is 298 g/mol. The zero-order chi connectivity index (χ0) is 14.4. The molecule has 7 nitrogen and oxygen atoms in total. The number of rotatable bonds is 6. The first-order valence-electron chi connectivity index (χ1n) is 6.50. The van der Waals surface area contributed by atoms with E-state index < -0.39 is 5.97 Å². The number of aromatic nitrogens is 2. The van der Waals surface area contributed by atoms with E-state index in [1.54, 1.807) is 11.8 Å². The van der Waals surface area contributed by atoms with E-state index in [1.807, 2.05) is 0 Å². The van der Waals surface area contributed by atoms with E-state index in [0.29, 0.717) is 16.7 Å². The molecular formula is C12H18N4O3S. The summed E-state index contributed by atoms with van der Waals surface area (Å²) in [5.41, 5.74) is 0.530. The highest BCUT2D eigenvalue weighted by molar-refractivity contribution is 8.00. The van der Waals surface area contributed by atoms with Gasteiger partial charge in [0.1, 0.15) is 6.54 Å². The lowest BCUT2D eigenvalue weighted by atomic mass is 10.2. The maximum atomic E-state index is 11.8. The second-order valence-electron chi connectivity index (χ2n) is 4.63. The molecule has 110 valence electrons. The van der Waals surface area contributed by atoms with E-state index in [1.165, 1.54) is 17.1 Å². The van der Waals surface area contributed by atoms with Crippen molar-refractivity contribution in [1.82, 2.24) is 15.1 Å². The van der Waals surface area contributed by atoms with Crippen LogP contribution in [0.25, 0.3) is 0 Å². The quantitative estimate of drug-likeness (QED) is 0.703. The van der Waals surface area contributed by atoms with Gasteiger partial charge in [0.25, 0.3) is 0 Å². The van der Waals surface area contributed by atoms with Gasteiger partial charge >= 0.3 is 5.97 Å². The first kappa shape index (κ1) is 14.9. The molecule has 3 N–H and O–H groups in total. The van der Waals surface area contributed by atoms with Gasteiger partial charge in [0.05, 0.1) is 17.6 Å². The Morgan fingerprint density at radius 2 is 2.25 bits per heavy atom. The number of thioether (sulfide) groups is 1. The second-order valence-corrected chi connectivity index (χ2v) is 5.92. The molecule has 8 heteroatoms. The Kier molecular flexibility index (Phi) is 5.42. The fourth-order valence-corrected chi connectivity index (χ4v) is 3.03. The van der Waals surface area contributed by atoms with Crippen LogP contribution in [0.15, 0.2) is 12.4 Å². The minimum absolute atomic E-state index is 0.0802. The summed E-state index contributed by atoms with van der Waals surface area (Å²) < 4.78 is 1.28. The topological polar surface area (TPSA) is 96.2 Å². The van der Waals surface area contributed by atoms with E-state index >= 15 is 0 Å². The van der Waals surface area contributed by atoms with Gasteiger partial charge in [-0.25, -0.2) is 0 Å². The SMILES string of the molecule is O=C(O)Cn1cc(NC(=O)CSC2CCNCC2)cn1. The van der Waals surface area contributed by atoms with E-state index in [9.17, 15) is 9.59 Å². The van der Waals surface area contributed by atoms with Crippen LogP contribution in [0.3, 0.4) is 0 Å². The van der Waals surface area contributed by atoms with E-state index in [-0.39, 0.29) is 12.5 Å². The maximum Gasteiger partial charge on any atom is 0.325 e. The van der Waals surface area contributed by atoms with Crippen LogP contribution in [-0.2, 0) is 16.1 Å². The Balaban J connectivity index is 1.73. The minimum atomic E-state index is -0.965. The second kappa shape index (κ2) is 7.30. The van der Waals surface area contributed by atoms with Gasteiger partial charge in [-0.2, -0.15) is 5.10 Å². The molecule has 1 aromatic rings. The molecule has 2 rings (SSSR count). The minimum Gasteiger partial charge on any atom is -0.480 e. The molecule has 1 amide bonds. The predicted molar refractivity (Wildman–Crippen MR) is 76.8 cm³/mol. The van der Waals surface area contributed by atoms with Crippen molar-refractivity contribution in [2.45, 2.75) is 24.6 Å². The largest absolute Gasteiger partial charge is 0.480 e. The molecule has 1 aliphatic heterocycles. The van der Waals surface area contributed by atoms with E-state index in [4.69, 9.17) is 5.11 Å². The highest BCUT2D eigenvalue weighted by Crippen LogP contribution is 2.20. The Bertz CT molecular complexity index is 471. The van der Waals surface area contributed by atoms with Gasteiger partial charge in [-0.15, -0.1) is 11.8 Å². The van der Waals surface area contributed by atoms with Gasteiger partial charge in [-0.1, -0.05) is 0 Å². The lowest BCUT2D eigenvalue weighted by Gasteiger charge is -2.21. The van der Waals surface area contributed by atoms with Crippen LogP contribution in [0.5, 0.6) is 0 Å². The van der Waals surface area contributed by atoms with Gasteiger partial charge in [0, 0.05) is 11.4 Å². The van der Waals surface area contributed by atoms with Crippen molar-refractivity contribution in [3.63, 3.8) is 0 Å². The molecule has 2 heterocycles. The fourth-order valence-electron chi connectivity index (χ4n) is 2.01. The monoisotopic (exact) mass is 298 g/mol. The first-order valence-corrected chi connectivity index (χ1v) is 7.55. The maximum absolute atomic E-state index is 11.8. The summed E-state index contributed by atoms with van der Waals surface area (Å²) in [5, 5.41) is 19.0. The van der Waals surface area contributed by atoms with Crippen LogP contribution >= 0.6 is 11.8 Å². The van der Waals surface area contributed by atoms with Gasteiger partial charge in [-0.3, -0.25) is 14.3 Å². The highest BCUT2D eigenvalue weighted by Gasteiger charge is 2.15. The third kappa shape index (κ3) is 4.86. The normalized spacial score (nSPS) is 16.0. The molecule has 0 aromatic carbocycles. The highest BCUT2D eigenvalue weighted by atomic mass is 32.2. The number of carbonyl (C=O) groups excluding carboxylic acids is 1. The molecular weight excluding hydrogens is 280 g/mol. The summed E-state index contributed by atoms with van der Waals surface area (Å²) in [6.07, 6.45) is 5.15. The third-order valence-electron chi connectivity index (χ3n) is 2.95. The fraction of sp³-hybridized carbons (Fsp3) is 0.583. The molecule has 1 aromatic heterocycles. The first-order chi connectivity index (χ1) is 9.63. The van der Waals surface area contributed by atoms with Crippen molar-refractivity contribution in [1.29, 1.82) is 0 Å².